The topological polar surface area (TPSA) is 15.3 Å². The number of anilines is 1. The minimum Gasteiger partial charge on any atom is -0.364 e. The van der Waals surface area contributed by atoms with Crippen molar-refractivity contribution < 1.29 is 0 Å². The molecule has 0 fully saturated rings. The molecule has 1 atom stereocenters. The molecule has 18 heavy (non-hydrogen) atoms. The van der Waals surface area contributed by atoms with Crippen LogP contribution in [0.5, 0.6) is 0 Å². The molecule has 0 spiro atoms. The highest BCUT2D eigenvalue weighted by Gasteiger charge is 2.13. The van der Waals surface area contributed by atoms with Gasteiger partial charge in [0.15, 0.2) is 0 Å². The van der Waals surface area contributed by atoms with Crippen molar-refractivity contribution in [2.75, 3.05) is 25.0 Å². The Bertz CT molecular complexity index is 405. The molecule has 0 heterocycles. The first-order valence-electron chi connectivity index (χ1n) is 6.07. The Morgan fingerprint density at radius 3 is 2.44 bits per heavy atom. The fourth-order valence-corrected chi connectivity index (χ4v) is 2.24. The summed E-state index contributed by atoms with van der Waals surface area (Å²) in [6.07, 6.45) is 3.83. The van der Waals surface area contributed by atoms with Crippen LogP contribution in [0.25, 0.3) is 0 Å². The predicted molar refractivity (Wildman–Crippen MR) is 84.2 cm³/mol. The van der Waals surface area contributed by atoms with E-state index in [0.29, 0.717) is 6.04 Å². The second-order valence-electron chi connectivity index (χ2n) is 4.20. The third kappa shape index (κ3) is 3.72. The van der Waals surface area contributed by atoms with Gasteiger partial charge in [0, 0.05) is 29.3 Å². The van der Waals surface area contributed by atoms with Crippen LogP contribution in [0.15, 0.2) is 48.0 Å². The van der Waals surface area contributed by atoms with Crippen LogP contribution in [0.3, 0.4) is 0 Å². The molecule has 0 aliphatic rings. The minimum absolute atomic E-state index is 0.310. The van der Waals surface area contributed by atoms with Crippen LogP contribution < -0.4 is 10.2 Å². The van der Waals surface area contributed by atoms with Crippen LogP contribution in [0, 0.1) is 0 Å². The molecule has 2 nitrogen and oxygen atoms in total. The van der Waals surface area contributed by atoms with Gasteiger partial charge in [-0.05, 0) is 31.7 Å². The molecule has 3 heteroatoms. The van der Waals surface area contributed by atoms with E-state index in [1.54, 1.807) is 0 Å². The van der Waals surface area contributed by atoms with E-state index in [-0.39, 0.29) is 0 Å². The van der Waals surface area contributed by atoms with E-state index in [1.165, 1.54) is 11.3 Å². The maximum Gasteiger partial charge on any atom is 0.0431 e. The lowest BCUT2D eigenvalue weighted by molar-refractivity contribution is 0.650. The van der Waals surface area contributed by atoms with Crippen molar-refractivity contribution in [1.82, 2.24) is 5.32 Å². The molecule has 0 aliphatic heterocycles. The van der Waals surface area contributed by atoms with Gasteiger partial charge in [0.2, 0.25) is 0 Å². The summed E-state index contributed by atoms with van der Waals surface area (Å²) in [6.45, 7) is 11.4. The van der Waals surface area contributed by atoms with E-state index < -0.39 is 0 Å². The minimum atomic E-state index is 0.310. The van der Waals surface area contributed by atoms with Crippen molar-refractivity contribution in [3.8, 4) is 0 Å². The number of rotatable bonds is 7. The summed E-state index contributed by atoms with van der Waals surface area (Å²) in [5, 5.41) is 3.29. The molecule has 0 radical (unpaired) electrons. The van der Waals surface area contributed by atoms with Gasteiger partial charge < -0.3 is 10.2 Å². The molecule has 0 aliphatic carbocycles. The maximum atomic E-state index is 3.82. The highest BCUT2D eigenvalue weighted by molar-refractivity contribution is 9.10. The fraction of sp³-hybridized carbons (Fsp3) is 0.333. The summed E-state index contributed by atoms with van der Waals surface area (Å²) in [5.74, 6) is 0. The van der Waals surface area contributed by atoms with Crippen LogP contribution in [-0.4, -0.2) is 20.1 Å². The van der Waals surface area contributed by atoms with Crippen LogP contribution in [0.2, 0.25) is 0 Å². The monoisotopic (exact) mass is 308 g/mol. The van der Waals surface area contributed by atoms with Crippen molar-refractivity contribution >= 4 is 21.6 Å². The Kier molecular flexibility index (Phi) is 6.16. The average molecular weight is 309 g/mol. The molecule has 98 valence electrons. The lowest BCUT2D eigenvalue weighted by Gasteiger charge is -2.27. The smallest absolute Gasteiger partial charge is 0.0431 e. The van der Waals surface area contributed by atoms with E-state index >= 15 is 0 Å². The highest BCUT2D eigenvalue weighted by atomic mass is 79.9. The first-order chi connectivity index (χ1) is 8.63. The molecule has 1 unspecified atom stereocenters. The molecule has 1 aromatic rings. The van der Waals surface area contributed by atoms with Gasteiger partial charge in [-0.1, -0.05) is 34.1 Å². The summed E-state index contributed by atoms with van der Waals surface area (Å²) in [6, 6.07) is 6.69. The number of nitrogens with zero attached hydrogens (tertiary/aromatic N) is 1. The first-order valence-corrected chi connectivity index (χ1v) is 6.86. The third-order valence-corrected chi connectivity index (χ3v) is 3.42. The van der Waals surface area contributed by atoms with E-state index in [9.17, 15) is 0 Å². The first kappa shape index (κ1) is 15.0. The predicted octanol–water partition coefficient (Wildman–Crippen LogP) is 3.91. The van der Waals surface area contributed by atoms with E-state index in [0.717, 1.165) is 17.6 Å². The Hall–Kier alpha value is -1.06. The van der Waals surface area contributed by atoms with Gasteiger partial charge in [0.1, 0.15) is 0 Å². The summed E-state index contributed by atoms with van der Waals surface area (Å²) >= 11 is 3.54. The normalized spacial score (nSPS) is 11.9. The van der Waals surface area contributed by atoms with Gasteiger partial charge in [-0.25, -0.2) is 0 Å². The summed E-state index contributed by atoms with van der Waals surface area (Å²) in [7, 11) is 1.97. The summed E-state index contributed by atoms with van der Waals surface area (Å²) in [4.78, 5) is 2.26. The lowest BCUT2D eigenvalue weighted by Crippen LogP contribution is -2.26. The van der Waals surface area contributed by atoms with Crippen molar-refractivity contribution in [2.45, 2.75) is 13.0 Å². The Morgan fingerprint density at radius 1 is 1.33 bits per heavy atom. The van der Waals surface area contributed by atoms with Gasteiger partial charge in [0.05, 0.1) is 0 Å². The van der Waals surface area contributed by atoms with Crippen molar-refractivity contribution in [3.63, 3.8) is 0 Å². The number of benzene rings is 1. The van der Waals surface area contributed by atoms with Gasteiger partial charge >= 0.3 is 0 Å². The standard InChI is InChI=1S/C15H21BrN2/c1-5-9-18(10-6-2)15-11-13(16)7-8-14(15)12(3)17-4/h5-8,11-12,17H,1-2,9-10H2,3-4H3. The van der Waals surface area contributed by atoms with Gasteiger partial charge in [-0.15, -0.1) is 13.2 Å². The Morgan fingerprint density at radius 2 is 1.94 bits per heavy atom. The second kappa shape index (κ2) is 7.39. The zero-order valence-corrected chi connectivity index (χ0v) is 12.7. The number of hydrogen-bond acceptors (Lipinski definition) is 2. The third-order valence-electron chi connectivity index (χ3n) is 2.93. The summed E-state index contributed by atoms with van der Waals surface area (Å²) in [5.41, 5.74) is 2.50. The van der Waals surface area contributed by atoms with Crippen molar-refractivity contribution in [3.05, 3.63) is 53.5 Å². The van der Waals surface area contributed by atoms with E-state index in [1.807, 2.05) is 19.2 Å². The molecule has 1 rings (SSSR count). The van der Waals surface area contributed by atoms with Crippen molar-refractivity contribution in [2.24, 2.45) is 0 Å². The molecule has 0 saturated carbocycles. The quantitative estimate of drug-likeness (QED) is 0.768. The maximum absolute atomic E-state index is 3.82. The SMILES string of the molecule is C=CCN(CC=C)c1cc(Br)ccc1C(C)NC. The van der Waals surface area contributed by atoms with Gasteiger partial charge in [-0.2, -0.15) is 0 Å². The molecule has 0 bridgehead atoms. The van der Waals surface area contributed by atoms with E-state index in [2.05, 4.69) is 64.4 Å². The lowest BCUT2D eigenvalue weighted by atomic mass is 10.1. The molecule has 1 N–H and O–H groups in total. The molecule has 1 aromatic carbocycles. The largest absolute Gasteiger partial charge is 0.364 e. The number of nitrogens with one attached hydrogen (secondary N) is 1. The van der Waals surface area contributed by atoms with Crippen LogP contribution in [0.4, 0.5) is 5.69 Å². The summed E-state index contributed by atoms with van der Waals surface area (Å²) < 4.78 is 1.09. The Labute approximate surface area is 119 Å². The van der Waals surface area contributed by atoms with Crippen LogP contribution >= 0.6 is 15.9 Å². The average Bonchev–Trinajstić information content (AvgIpc) is 2.37. The highest BCUT2D eigenvalue weighted by Crippen LogP contribution is 2.29. The molecule has 0 saturated heterocycles. The van der Waals surface area contributed by atoms with E-state index in [4.69, 9.17) is 0 Å². The zero-order chi connectivity index (χ0) is 13.5. The van der Waals surface area contributed by atoms with Gasteiger partial charge in [0.25, 0.3) is 0 Å². The number of hydrogen-bond donors (Lipinski definition) is 1. The molecular formula is C15H21BrN2. The Balaban J connectivity index is 3.19. The number of halogens is 1. The molecule has 0 aromatic heterocycles. The second-order valence-corrected chi connectivity index (χ2v) is 5.11. The van der Waals surface area contributed by atoms with Crippen LogP contribution in [-0.2, 0) is 0 Å². The van der Waals surface area contributed by atoms with Crippen molar-refractivity contribution in [1.29, 1.82) is 0 Å². The zero-order valence-electron chi connectivity index (χ0n) is 11.1. The van der Waals surface area contributed by atoms with Gasteiger partial charge in [-0.3, -0.25) is 0 Å². The fourth-order valence-electron chi connectivity index (χ4n) is 1.90. The molecular weight excluding hydrogens is 288 g/mol. The van der Waals surface area contributed by atoms with Crippen LogP contribution in [0.1, 0.15) is 18.5 Å². The molecule has 0 amide bonds.